The topological polar surface area (TPSA) is 70.2 Å². The monoisotopic (exact) mass is 317 g/mol. The fourth-order valence-electron chi connectivity index (χ4n) is 2.33. The van der Waals surface area contributed by atoms with Crippen molar-refractivity contribution in [2.45, 2.75) is 31.8 Å². The maximum Gasteiger partial charge on any atom is 0.315 e. The number of hydrogen-bond acceptors (Lipinski definition) is 3. The highest BCUT2D eigenvalue weighted by molar-refractivity contribution is 7.17. The van der Waals surface area contributed by atoms with E-state index in [2.05, 4.69) is 33.5 Å². The van der Waals surface area contributed by atoms with Gasteiger partial charge >= 0.3 is 6.03 Å². The molecular weight excluding hydrogens is 298 g/mol. The van der Waals surface area contributed by atoms with E-state index in [9.17, 15) is 9.59 Å². The van der Waals surface area contributed by atoms with Crippen LogP contribution in [0, 0.1) is 0 Å². The Bertz CT molecular complexity index is 694. The third kappa shape index (κ3) is 3.57. The Morgan fingerprint density at radius 3 is 2.86 bits per heavy atom. The van der Waals surface area contributed by atoms with Crippen molar-refractivity contribution in [1.82, 2.24) is 16.0 Å². The highest BCUT2D eigenvalue weighted by Crippen LogP contribution is 2.29. The fourth-order valence-corrected chi connectivity index (χ4v) is 3.38. The predicted octanol–water partition coefficient (Wildman–Crippen LogP) is 2.54. The number of amides is 3. The van der Waals surface area contributed by atoms with E-state index in [4.69, 9.17) is 0 Å². The van der Waals surface area contributed by atoms with E-state index in [0.717, 1.165) is 23.8 Å². The van der Waals surface area contributed by atoms with Crippen LogP contribution in [0.1, 0.15) is 31.4 Å². The lowest BCUT2D eigenvalue weighted by Crippen LogP contribution is -2.43. The number of hydrogen-bond donors (Lipinski definition) is 3. The number of rotatable bonds is 5. The minimum atomic E-state index is -0.325. The highest BCUT2D eigenvalue weighted by Gasteiger charge is 2.23. The van der Waals surface area contributed by atoms with E-state index in [1.807, 2.05) is 19.1 Å². The third-order valence-electron chi connectivity index (χ3n) is 3.68. The second-order valence-electron chi connectivity index (χ2n) is 5.58. The second-order valence-corrected chi connectivity index (χ2v) is 6.49. The summed E-state index contributed by atoms with van der Waals surface area (Å²) in [6, 6.07) is 8.00. The summed E-state index contributed by atoms with van der Waals surface area (Å²) in [4.78, 5) is 23.4. The van der Waals surface area contributed by atoms with Crippen LogP contribution in [0.3, 0.4) is 0 Å². The Morgan fingerprint density at radius 1 is 1.32 bits per heavy atom. The number of fused-ring (bicyclic) bond motifs is 1. The van der Waals surface area contributed by atoms with Gasteiger partial charge in [0.05, 0.1) is 12.6 Å². The Labute approximate surface area is 133 Å². The molecule has 116 valence electrons. The molecule has 22 heavy (non-hydrogen) atoms. The fraction of sp³-hybridized carbons (Fsp3) is 0.375. The number of nitrogens with one attached hydrogen (secondary N) is 3. The molecule has 0 bridgehead atoms. The summed E-state index contributed by atoms with van der Waals surface area (Å²) in [5.41, 5.74) is 1.10. The van der Waals surface area contributed by atoms with Crippen molar-refractivity contribution in [3.63, 3.8) is 0 Å². The van der Waals surface area contributed by atoms with E-state index >= 15 is 0 Å². The summed E-state index contributed by atoms with van der Waals surface area (Å²) in [5, 5.41) is 11.5. The smallest absolute Gasteiger partial charge is 0.315 e. The molecule has 1 aromatic heterocycles. The van der Waals surface area contributed by atoms with Gasteiger partial charge in [-0.25, -0.2) is 4.79 Å². The lowest BCUT2D eigenvalue weighted by Gasteiger charge is -2.14. The maximum absolute atomic E-state index is 11.9. The van der Waals surface area contributed by atoms with E-state index in [1.54, 1.807) is 11.3 Å². The minimum absolute atomic E-state index is 0.0133. The molecule has 1 fully saturated rings. The van der Waals surface area contributed by atoms with Crippen molar-refractivity contribution in [3.05, 3.63) is 35.2 Å². The third-order valence-corrected chi connectivity index (χ3v) is 4.66. The van der Waals surface area contributed by atoms with Crippen molar-refractivity contribution >= 4 is 33.4 Å². The zero-order valence-corrected chi connectivity index (χ0v) is 13.2. The summed E-state index contributed by atoms with van der Waals surface area (Å²) >= 11 is 1.67. The molecule has 1 heterocycles. The lowest BCUT2D eigenvalue weighted by atomic mass is 10.1. The van der Waals surface area contributed by atoms with Crippen LogP contribution in [0.15, 0.2) is 29.6 Å². The molecule has 3 amide bonds. The predicted molar refractivity (Wildman–Crippen MR) is 87.9 cm³/mol. The molecule has 3 rings (SSSR count). The Balaban J connectivity index is 1.53. The standard InChI is InChI=1S/C16H19N3O2S/c1-10(13-9-22-14-5-3-2-4-12(13)14)18-16(21)17-8-15(20)19-11-6-7-11/h2-5,9-11H,6-8H2,1H3,(H,19,20)(H2,17,18,21)/t10-/m1/s1. The molecule has 0 radical (unpaired) electrons. The van der Waals surface area contributed by atoms with E-state index in [-0.39, 0.29) is 24.5 Å². The van der Waals surface area contributed by atoms with Gasteiger partial charge in [0.15, 0.2) is 0 Å². The molecule has 5 nitrogen and oxygen atoms in total. The summed E-state index contributed by atoms with van der Waals surface area (Å²) in [6.45, 7) is 1.96. The summed E-state index contributed by atoms with van der Waals surface area (Å²) < 4.78 is 1.20. The first-order valence-electron chi connectivity index (χ1n) is 7.43. The van der Waals surface area contributed by atoms with Crippen LogP contribution >= 0.6 is 11.3 Å². The van der Waals surface area contributed by atoms with Gasteiger partial charge in [-0.3, -0.25) is 4.79 Å². The van der Waals surface area contributed by atoms with Crippen LogP contribution in [0.25, 0.3) is 10.1 Å². The van der Waals surface area contributed by atoms with E-state index < -0.39 is 0 Å². The molecule has 1 saturated carbocycles. The summed E-state index contributed by atoms with van der Waals surface area (Å²) in [7, 11) is 0. The molecular formula is C16H19N3O2S. The van der Waals surface area contributed by atoms with Crippen LogP contribution in [-0.2, 0) is 4.79 Å². The second kappa shape index (κ2) is 6.36. The largest absolute Gasteiger partial charge is 0.352 e. The zero-order chi connectivity index (χ0) is 15.5. The molecule has 0 saturated heterocycles. The van der Waals surface area contributed by atoms with Crippen molar-refractivity contribution < 1.29 is 9.59 Å². The quantitative estimate of drug-likeness (QED) is 0.793. The van der Waals surface area contributed by atoms with Gasteiger partial charge in [-0.1, -0.05) is 18.2 Å². The molecule has 3 N–H and O–H groups in total. The van der Waals surface area contributed by atoms with Gasteiger partial charge in [-0.15, -0.1) is 11.3 Å². The zero-order valence-electron chi connectivity index (χ0n) is 12.4. The van der Waals surface area contributed by atoms with E-state index in [1.165, 1.54) is 4.70 Å². The summed E-state index contributed by atoms with van der Waals surface area (Å²) in [5.74, 6) is -0.133. The normalized spacial score (nSPS) is 15.3. The van der Waals surface area contributed by atoms with Crippen molar-refractivity contribution in [2.24, 2.45) is 0 Å². The van der Waals surface area contributed by atoms with Gasteiger partial charge in [0.25, 0.3) is 0 Å². The Kier molecular flexibility index (Phi) is 4.29. The number of benzene rings is 1. The molecule has 1 aliphatic rings. The van der Waals surface area contributed by atoms with Crippen LogP contribution in [0.2, 0.25) is 0 Å². The average molecular weight is 317 g/mol. The molecule has 0 spiro atoms. The first kappa shape index (κ1) is 14.8. The first-order valence-corrected chi connectivity index (χ1v) is 8.31. The van der Waals surface area contributed by atoms with Crippen LogP contribution in [0.4, 0.5) is 4.79 Å². The number of carbonyl (C=O) groups is 2. The minimum Gasteiger partial charge on any atom is -0.352 e. The molecule has 1 aromatic carbocycles. The molecule has 6 heteroatoms. The van der Waals surface area contributed by atoms with Crippen molar-refractivity contribution in [3.8, 4) is 0 Å². The Hall–Kier alpha value is -2.08. The SMILES string of the molecule is C[C@@H](NC(=O)NCC(=O)NC1CC1)c1csc2ccccc12. The number of urea groups is 1. The van der Waals surface area contributed by atoms with Crippen LogP contribution in [0.5, 0.6) is 0 Å². The van der Waals surface area contributed by atoms with Crippen molar-refractivity contribution in [2.75, 3.05) is 6.54 Å². The van der Waals surface area contributed by atoms with Crippen LogP contribution < -0.4 is 16.0 Å². The molecule has 1 aliphatic carbocycles. The molecule has 1 atom stereocenters. The lowest BCUT2D eigenvalue weighted by molar-refractivity contribution is -0.120. The molecule has 0 aliphatic heterocycles. The van der Waals surface area contributed by atoms with Gasteiger partial charge in [0.1, 0.15) is 0 Å². The van der Waals surface area contributed by atoms with Gasteiger partial charge in [-0.05, 0) is 42.2 Å². The Morgan fingerprint density at radius 2 is 2.09 bits per heavy atom. The summed E-state index contributed by atoms with van der Waals surface area (Å²) in [6.07, 6.45) is 2.08. The van der Waals surface area contributed by atoms with Gasteiger partial charge in [0.2, 0.25) is 5.91 Å². The highest BCUT2D eigenvalue weighted by atomic mass is 32.1. The van der Waals surface area contributed by atoms with Gasteiger partial charge in [0, 0.05) is 10.7 Å². The van der Waals surface area contributed by atoms with Crippen molar-refractivity contribution in [1.29, 1.82) is 0 Å². The molecule has 0 unspecified atom stereocenters. The van der Waals surface area contributed by atoms with E-state index in [0.29, 0.717) is 6.04 Å². The number of carbonyl (C=O) groups excluding carboxylic acids is 2. The molecule has 2 aromatic rings. The van der Waals surface area contributed by atoms with Gasteiger partial charge in [-0.2, -0.15) is 0 Å². The van der Waals surface area contributed by atoms with Crippen LogP contribution in [-0.4, -0.2) is 24.5 Å². The first-order chi connectivity index (χ1) is 10.6. The average Bonchev–Trinajstić information content (AvgIpc) is 3.20. The number of thiophene rings is 1. The maximum atomic E-state index is 11.9. The van der Waals surface area contributed by atoms with Gasteiger partial charge < -0.3 is 16.0 Å².